The van der Waals surface area contributed by atoms with E-state index < -0.39 is 6.10 Å². The third-order valence-electron chi connectivity index (χ3n) is 6.40. The lowest BCUT2D eigenvalue weighted by Crippen LogP contribution is -2.43. The molecule has 29 heavy (non-hydrogen) atoms. The molecule has 0 aromatic heterocycles. The molecule has 7 heteroatoms. The van der Waals surface area contributed by atoms with Crippen molar-refractivity contribution in [2.24, 2.45) is 5.92 Å². The van der Waals surface area contributed by atoms with Crippen molar-refractivity contribution in [1.82, 2.24) is 15.5 Å². The number of aliphatic hydroxyl groups excluding tert-OH is 1. The molecule has 0 bridgehead atoms. The summed E-state index contributed by atoms with van der Waals surface area (Å²) in [6.07, 6.45) is 2.27. The predicted molar refractivity (Wildman–Crippen MR) is 109 cm³/mol. The number of hydrogen-bond donors (Lipinski definition) is 3. The number of hydrogen-bond acceptors (Lipinski definition) is 4. The molecule has 7 nitrogen and oxygen atoms in total. The van der Waals surface area contributed by atoms with Crippen molar-refractivity contribution in [1.29, 1.82) is 0 Å². The maximum absolute atomic E-state index is 12.7. The summed E-state index contributed by atoms with van der Waals surface area (Å²) < 4.78 is 0. The van der Waals surface area contributed by atoms with Gasteiger partial charge >= 0.3 is 0 Å². The number of nitrogens with one attached hydrogen (secondary N) is 2. The lowest BCUT2D eigenvalue weighted by Gasteiger charge is -2.34. The SMILES string of the molecule is CC(=O)N[C@H]1CC[C@](CNC(=O)[C@H]2CC(=O)N(C)C2)(c2ccccc2)CC[C@@H]1O. The van der Waals surface area contributed by atoms with Gasteiger partial charge in [-0.3, -0.25) is 14.4 Å². The number of amides is 3. The average molecular weight is 402 g/mol. The fourth-order valence-electron chi connectivity index (χ4n) is 4.60. The second-order valence-electron chi connectivity index (χ2n) is 8.49. The molecule has 4 atom stereocenters. The van der Waals surface area contributed by atoms with Gasteiger partial charge in [-0.05, 0) is 31.2 Å². The highest BCUT2D eigenvalue weighted by Gasteiger charge is 2.39. The Kier molecular flexibility index (Phi) is 6.57. The van der Waals surface area contributed by atoms with Gasteiger partial charge in [-0.15, -0.1) is 0 Å². The minimum atomic E-state index is -0.610. The van der Waals surface area contributed by atoms with Crippen LogP contribution in [0.3, 0.4) is 0 Å². The first-order valence-corrected chi connectivity index (χ1v) is 10.3. The van der Waals surface area contributed by atoms with Gasteiger partial charge in [-0.25, -0.2) is 0 Å². The topological polar surface area (TPSA) is 98.7 Å². The number of nitrogens with zero attached hydrogens (tertiary/aromatic N) is 1. The Morgan fingerprint density at radius 3 is 2.52 bits per heavy atom. The summed E-state index contributed by atoms with van der Waals surface area (Å²) in [7, 11) is 1.72. The van der Waals surface area contributed by atoms with Crippen LogP contribution in [0.5, 0.6) is 0 Å². The van der Waals surface area contributed by atoms with Gasteiger partial charge in [-0.1, -0.05) is 30.3 Å². The number of carbonyl (C=O) groups is 3. The molecule has 1 aromatic rings. The van der Waals surface area contributed by atoms with Crippen LogP contribution in [0.4, 0.5) is 0 Å². The fraction of sp³-hybridized carbons (Fsp3) is 0.591. The van der Waals surface area contributed by atoms with Gasteiger partial charge in [0.2, 0.25) is 17.7 Å². The summed E-state index contributed by atoms with van der Waals surface area (Å²) >= 11 is 0. The van der Waals surface area contributed by atoms with Crippen LogP contribution in [-0.2, 0) is 19.8 Å². The average Bonchev–Trinajstić information content (AvgIpc) is 2.96. The first-order valence-electron chi connectivity index (χ1n) is 10.3. The van der Waals surface area contributed by atoms with Crippen LogP contribution in [0.15, 0.2) is 30.3 Å². The Morgan fingerprint density at radius 2 is 1.90 bits per heavy atom. The molecule has 0 radical (unpaired) electrons. The maximum atomic E-state index is 12.7. The van der Waals surface area contributed by atoms with Gasteiger partial charge in [0.15, 0.2) is 0 Å². The van der Waals surface area contributed by atoms with E-state index >= 15 is 0 Å². The molecule has 158 valence electrons. The Hall–Kier alpha value is -2.41. The van der Waals surface area contributed by atoms with Gasteiger partial charge < -0.3 is 20.6 Å². The summed E-state index contributed by atoms with van der Waals surface area (Å²) in [6.45, 7) is 2.36. The highest BCUT2D eigenvalue weighted by atomic mass is 16.3. The summed E-state index contributed by atoms with van der Waals surface area (Å²) in [5, 5.41) is 16.5. The molecule has 2 fully saturated rings. The Bertz CT molecular complexity index is 754. The van der Waals surface area contributed by atoms with Crippen LogP contribution >= 0.6 is 0 Å². The second-order valence-corrected chi connectivity index (χ2v) is 8.49. The van der Waals surface area contributed by atoms with Crippen LogP contribution in [0.25, 0.3) is 0 Å². The van der Waals surface area contributed by atoms with E-state index in [4.69, 9.17) is 0 Å². The smallest absolute Gasteiger partial charge is 0.225 e. The summed E-state index contributed by atoms with van der Waals surface area (Å²) in [5.41, 5.74) is 0.801. The molecule has 1 heterocycles. The van der Waals surface area contributed by atoms with Crippen LogP contribution in [-0.4, -0.2) is 60.0 Å². The molecule has 0 unspecified atom stereocenters. The van der Waals surface area contributed by atoms with Crippen molar-refractivity contribution in [3.05, 3.63) is 35.9 Å². The van der Waals surface area contributed by atoms with E-state index in [9.17, 15) is 19.5 Å². The number of aliphatic hydroxyl groups is 1. The van der Waals surface area contributed by atoms with Gasteiger partial charge in [0, 0.05) is 38.9 Å². The molecule has 1 saturated heterocycles. The number of benzene rings is 1. The van der Waals surface area contributed by atoms with Gasteiger partial charge in [0.1, 0.15) is 0 Å². The zero-order chi connectivity index (χ0) is 21.0. The summed E-state index contributed by atoms with van der Waals surface area (Å²) in [4.78, 5) is 37.6. The minimum Gasteiger partial charge on any atom is -0.391 e. The molecule has 1 aromatic carbocycles. The minimum absolute atomic E-state index is 0.00124. The molecule has 3 N–H and O–H groups in total. The molecule has 3 rings (SSSR count). The van der Waals surface area contributed by atoms with Gasteiger partial charge in [0.05, 0.1) is 18.1 Å². The molecule has 2 aliphatic rings. The summed E-state index contributed by atoms with van der Waals surface area (Å²) in [5.74, 6) is -0.562. The zero-order valence-corrected chi connectivity index (χ0v) is 17.2. The Labute approximate surface area is 171 Å². The van der Waals surface area contributed by atoms with Crippen molar-refractivity contribution in [3.8, 4) is 0 Å². The second kappa shape index (κ2) is 8.95. The molecule has 3 amide bonds. The van der Waals surface area contributed by atoms with Crippen LogP contribution in [0, 0.1) is 5.92 Å². The first kappa shape index (κ1) is 21.3. The lowest BCUT2D eigenvalue weighted by molar-refractivity contribution is -0.128. The van der Waals surface area contributed by atoms with E-state index in [1.54, 1.807) is 11.9 Å². The number of carbonyl (C=O) groups excluding carboxylic acids is 3. The number of likely N-dealkylation sites (tertiary alicyclic amines) is 1. The van der Waals surface area contributed by atoms with Gasteiger partial charge in [0.25, 0.3) is 0 Å². The van der Waals surface area contributed by atoms with E-state index in [-0.39, 0.29) is 41.5 Å². The Morgan fingerprint density at radius 1 is 1.21 bits per heavy atom. The van der Waals surface area contributed by atoms with Gasteiger partial charge in [-0.2, -0.15) is 0 Å². The molecule has 0 spiro atoms. The predicted octanol–water partition coefficient (Wildman–Crippen LogP) is 0.959. The maximum Gasteiger partial charge on any atom is 0.225 e. The van der Waals surface area contributed by atoms with Crippen LogP contribution < -0.4 is 10.6 Å². The van der Waals surface area contributed by atoms with E-state index in [0.29, 0.717) is 32.4 Å². The van der Waals surface area contributed by atoms with Crippen molar-refractivity contribution >= 4 is 17.7 Å². The van der Waals surface area contributed by atoms with E-state index in [1.807, 2.05) is 18.2 Å². The zero-order valence-electron chi connectivity index (χ0n) is 17.2. The summed E-state index contributed by atoms with van der Waals surface area (Å²) in [6, 6.07) is 9.76. The van der Waals surface area contributed by atoms with Crippen molar-refractivity contribution < 1.29 is 19.5 Å². The standard InChI is InChI=1S/C22H31N3O4/c1-15(26)24-18-8-10-22(11-9-19(18)27,17-6-4-3-5-7-17)14-23-21(29)16-12-20(28)25(2)13-16/h3-7,16,18-19,27H,8-14H2,1-2H3,(H,23,29)(H,24,26)/t16-,18-,19-,22-/m0/s1. The highest BCUT2D eigenvalue weighted by Crippen LogP contribution is 2.38. The largest absolute Gasteiger partial charge is 0.391 e. The monoisotopic (exact) mass is 401 g/mol. The quantitative estimate of drug-likeness (QED) is 0.640. The highest BCUT2D eigenvalue weighted by molar-refractivity contribution is 5.89. The van der Waals surface area contributed by atoms with Crippen LogP contribution in [0.1, 0.15) is 44.6 Å². The normalized spacial score (nSPS) is 30.0. The van der Waals surface area contributed by atoms with Crippen molar-refractivity contribution in [2.45, 2.75) is 56.6 Å². The van der Waals surface area contributed by atoms with E-state index in [2.05, 4.69) is 22.8 Å². The van der Waals surface area contributed by atoms with E-state index in [1.165, 1.54) is 6.92 Å². The number of rotatable bonds is 5. The molecular weight excluding hydrogens is 370 g/mol. The molecule has 1 aliphatic heterocycles. The third kappa shape index (κ3) is 4.96. The Balaban J connectivity index is 1.76. The molecule has 1 saturated carbocycles. The molecule has 1 aliphatic carbocycles. The van der Waals surface area contributed by atoms with Crippen molar-refractivity contribution in [2.75, 3.05) is 20.1 Å². The van der Waals surface area contributed by atoms with Crippen LogP contribution in [0.2, 0.25) is 0 Å². The molecular formula is C22H31N3O4. The lowest BCUT2D eigenvalue weighted by atomic mass is 9.74. The van der Waals surface area contributed by atoms with Crippen molar-refractivity contribution in [3.63, 3.8) is 0 Å². The third-order valence-corrected chi connectivity index (χ3v) is 6.40. The van der Waals surface area contributed by atoms with E-state index in [0.717, 1.165) is 12.0 Å². The fourth-order valence-corrected chi connectivity index (χ4v) is 4.60. The first-order chi connectivity index (χ1) is 13.8.